The maximum atomic E-state index is 13.4. The number of nitrogens with zero attached hydrogens (tertiary/aromatic N) is 1. The quantitative estimate of drug-likeness (QED) is 0.349. The van der Waals surface area contributed by atoms with Gasteiger partial charge in [0, 0.05) is 17.8 Å². The summed E-state index contributed by atoms with van der Waals surface area (Å²) in [5, 5.41) is 2.99. The van der Waals surface area contributed by atoms with Gasteiger partial charge in [-0.15, -0.1) is 0 Å². The van der Waals surface area contributed by atoms with Crippen molar-refractivity contribution in [3.63, 3.8) is 0 Å². The van der Waals surface area contributed by atoms with Crippen LogP contribution in [0, 0.1) is 13.8 Å². The van der Waals surface area contributed by atoms with Crippen molar-refractivity contribution in [2.75, 3.05) is 4.90 Å². The van der Waals surface area contributed by atoms with Gasteiger partial charge in [0.2, 0.25) is 5.91 Å². The molecular formula is C31H30N2O2. The van der Waals surface area contributed by atoms with Crippen molar-refractivity contribution in [2.24, 2.45) is 0 Å². The number of carbonyl (C=O) groups is 2. The Bertz CT molecular complexity index is 1280. The van der Waals surface area contributed by atoms with E-state index in [0.717, 1.165) is 27.9 Å². The zero-order valence-electron chi connectivity index (χ0n) is 20.2. The first-order valence-corrected chi connectivity index (χ1v) is 11.8. The van der Waals surface area contributed by atoms with Gasteiger partial charge in [-0.05, 0) is 54.8 Å². The number of rotatable bonds is 8. The second-order valence-corrected chi connectivity index (χ2v) is 8.85. The molecule has 4 heteroatoms. The minimum absolute atomic E-state index is 0.0314. The maximum Gasteiger partial charge on any atom is 0.258 e. The molecule has 0 radical (unpaired) electrons. The molecule has 0 saturated heterocycles. The van der Waals surface area contributed by atoms with Crippen molar-refractivity contribution in [1.82, 2.24) is 5.32 Å². The van der Waals surface area contributed by atoms with Crippen LogP contribution in [0.2, 0.25) is 0 Å². The summed E-state index contributed by atoms with van der Waals surface area (Å²) in [5.74, 6) is -0.0892. The Hall–Kier alpha value is -4.18. The van der Waals surface area contributed by atoms with Crippen LogP contribution in [0.1, 0.15) is 38.2 Å². The third-order valence-corrected chi connectivity index (χ3v) is 5.91. The van der Waals surface area contributed by atoms with Crippen LogP contribution < -0.4 is 10.2 Å². The summed E-state index contributed by atoms with van der Waals surface area (Å²) in [6.45, 7) is 5.02. The summed E-state index contributed by atoms with van der Waals surface area (Å²) in [4.78, 5) is 27.7. The van der Waals surface area contributed by atoms with Crippen LogP contribution >= 0.6 is 0 Å². The average molecular weight is 463 g/mol. The van der Waals surface area contributed by atoms with E-state index < -0.39 is 0 Å². The molecular weight excluding hydrogens is 432 g/mol. The molecule has 0 heterocycles. The molecule has 0 aromatic heterocycles. The predicted octanol–water partition coefficient (Wildman–Crippen LogP) is 6.01. The molecule has 4 aromatic carbocycles. The average Bonchev–Trinajstić information content (AvgIpc) is 2.87. The fourth-order valence-corrected chi connectivity index (χ4v) is 3.96. The van der Waals surface area contributed by atoms with Crippen molar-refractivity contribution in [3.8, 4) is 0 Å². The highest BCUT2D eigenvalue weighted by atomic mass is 16.2. The minimum Gasteiger partial charge on any atom is -0.352 e. The number of aryl methyl sites for hydroxylation is 2. The summed E-state index contributed by atoms with van der Waals surface area (Å²) in [5.41, 5.74) is 6.76. The molecule has 4 aromatic rings. The second-order valence-electron chi connectivity index (χ2n) is 8.85. The van der Waals surface area contributed by atoms with Gasteiger partial charge in [0.25, 0.3) is 5.91 Å². The van der Waals surface area contributed by atoms with Gasteiger partial charge in [-0.25, -0.2) is 0 Å². The first-order chi connectivity index (χ1) is 17.0. The molecule has 0 spiro atoms. The standard InChI is InChI=1S/C31H30N2O2/c1-23-11-15-28(16-12-23)31(35)33(22-26-8-4-3-5-9-26)29-17-13-25(14-18-29)20-30(34)32-21-27-10-6-7-24(2)19-27/h3-19H,20-22H2,1-2H3,(H,32,34). The largest absolute Gasteiger partial charge is 0.352 e. The number of hydrogen-bond donors (Lipinski definition) is 1. The fourth-order valence-electron chi connectivity index (χ4n) is 3.96. The summed E-state index contributed by atoms with van der Waals surface area (Å²) < 4.78 is 0. The van der Waals surface area contributed by atoms with E-state index in [2.05, 4.69) is 11.4 Å². The number of anilines is 1. The molecule has 0 atom stereocenters. The van der Waals surface area contributed by atoms with Gasteiger partial charge in [-0.2, -0.15) is 0 Å². The summed E-state index contributed by atoms with van der Waals surface area (Å²) in [6.07, 6.45) is 0.288. The van der Waals surface area contributed by atoms with Crippen molar-refractivity contribution < 1.29 is 9.59 Å². The first-order valence-electron chi connectivity index (χ1n) is 11.8. The van der Waals surface area contributed by atoms with Crippen LogP contribution in [0.4, 0.5) is 5.69 Å². The second kappa shape index (κ2) is 11.3. The topological polar surface area (TPSA) is 49.4 Å². The van der Waals surface area contributed by atoms with E-state index in [1.54, 1.807) is 4.90 Å². The molecule has 0 fully saturated rings. The van der Waals surface area contributed by atoms with Gasteiger partial charge in [0.05, 0.1) is 13.0 Å². The summed E-state index contributed by atoms with van der Waals surface area (Å²) in [6, 6.07) is 33.4. The van der Waals surface area contributed by atoms with Gasteiger partial charge < -0.3 is 10.2 Å². The van der Waals surface area contributed by atoms with Crippen molar-refractivity contribution >= 4 is 17.5 Å². The highest BCUT2D eigenvalue weighted by Gasteiger charge is 2.18. The number of carbonyl (C=O) groups excluding carboxylic acids is 2. The van der Waals surface area contributed by atoms with E-state index in [1.165, 1.54) is 5.56 Å². The Labute approximate surface area is 207 Å². The zero-order chi connectivity index (χ0) is 24.6. The van der Waals surface area contributed by atoms with Crippen molar-refractivity contribution in [2.45, 2.75) is 33.4 Å². The Kier molecular flexibility index (Phi) is 7.74. The Morgan fingerprint density at radius 2 is 1.37 bits per heavy atom. The molecule has 2 amide bonds. The number of amides is 2. The van der Waals surface area contributed by atoms with E-state index in [4.69, 9.17) is 0 Å². The van der Waals surface area contributed by atoms with Crippen LogP contribution in [0.15, 0.2) is 103 Å². The lowest BCUT2D eigenvalue weighted by Gasteiger charge is -2.23. The molecule has 0 unspecified atom stereocenters. The van der Waals surface area contributed by atoms with E-state index in [9.17, 15) is 9.59 Å². The molecule has 0 aliphatic carbocycles. The van der Waals surface area contributed by atoms with Crippen LogP contribution in [0.3, 0.4) is 0 Å². The fraction of sp³-hybridized carbons (Fsp3) is 0.161. The van der Waals surface area contributed by atoms with Crippen LogP contribution in [-0.4, -0.2) is 11.8 Å². The van der Waals surface area contributed by atoms with E-state index in [-0.39, 0.29) is 18.2 Å². The molecule has 0 bridgehead atoms. The van der Waals surface area contributed by atoms with Gasteiger partial charge in [-0.1, -0.05) is 90.0 Å². The van der Waals surface area contributed by atoms with Gasteiger partial charge >= 0.3 is 0 Å². The predicted molar refractivity (Wildman–Crippen MR) is 141 cm³/mol. The number of benzene rings is 4. The third kappa shape index (κ3) is 6.67. The normalized spacial score (nSPS) is 10.6. The lowest BCUT2D eigenvalue weighted by molar-refractivity contribution is -0.120. The Morgan fingerprint density at radius 1 is 0.686 bits per heavy atom. The molecule has 4 nitrogen and oxygen atoms in total. The summed E-state index contributed by atoms with van der Waals surface area (Å²) in [7, 11) is 0. The van der Waals surface area contributed by atoms with E-state index in [0.29, 0.717) is 18.7 Å². The van der Waals surface area contributed by atoms with Crippen molar-refractivity contribution in [1.29, 1.82) is 0 Å². The molecule has 0 aliphatic rings. The molecule has 35 heavy (non-hydrogen) atoms. The molecule has 0 saturated carbocycles. The smallest absolute Gasteiger partial charge is 0.258 e. The van der Waals surface area contributed by atoms with Gasteiger partial charge in [0.1, 0.15) is 0 Å². The lowest BCUT2D eigenvalue weighted by atomic mass is 10.1. The first kappa shape index (κ1) is 24.0. The Morgan fingerprint density at radius 3 is 2.06 bits per heavy atom. The van der Waals surface area contributed by atoms with Gasteiger partial charge in [-0.3, -0.25) is 9.59 Å². The maximum absolute atomic E-state index is 13.4. The Balaban J connectivity index is 1.47. The number of hydrogen-bond acceptors (Lipinski definition) is 2. The molecule has 1 N–H and O–H groups in total. The monoisotopic (exact) mass is 462 g/mol. The SMILES string of the molecule is Cc1ccc(C(=O)N(Cc2ccccc2)c2ccc(CC(=O)NCc3cccc(C)c3)cc2)cc1. The van der Waals surface area contributed by atoms with E-state index >= 15 is 0 Å². The zero-order valence-corrected chi connectivity index (χ0v) is 20.2. The van der Waals surface area contributed by atoms with Crippen LogP contribution in [0.5, 0.6) is 0 Å². The minimum atomic E-state index is -0.0579. The highest BCUT2D eigenvalue weighted by molar-refractivity contribution is 6.06. The van der Waals surface area contributed by atoms with Gasteiger partial charge in [0.15, 0.2) is 0 Å². The molecule has 0 aliphatic heterocycles. The summed E-state index contributed by atoms with van der Waals surface area (Å²) >= 11 is 0. The van der Waals surface area contributed by atoms with Crippen LogP contribution in [-0.2, 0) is 24.3 Å². The van der Waals surface area contributed by atoms with Crippen molar-refractivity contribution in [3.05, 3.63) is 137 Å². The molecule has 4 rings (SSSR count). The highest BCUT2D eigenvalue weighted by Crippen LogP contribution is 2.22. The molecule has 176 valence electrons. The lowest BCUT2D eigenvalue weighted by Crippen LogP contribution is -2.30. The number of nitrogens with one attached hydrogen (secondary N) is 1. The van der Waals surface area contributed by atoms with Crippen LogP contribution in [0.25, 0.3) is 0 Å². The van der Waals surface area contributed by atoms with E-state index in [1.807, 2.05) is 111 Å². The third-order valence-electron chi connectivity index (χ3n) is 5.91.